The highest BCUT2D eigenvalue weighted by Gasteiger charge is 2.13. The number of aromatic nitrogens is 2. The molecule has 0 radical (unpaired) electrons. The molecule has 1 N–H and O–H groups in total. The van der Waals surface area contributed by atoms with Gasteiger partial charge >= 0.3 is 0 Å². The second-order valence-electron chi connectivity index (χ2n) is 3.57. The van der Waals surface area contributed by atoms with Crippen LogP contribution < -0.4 is 0 Å². The third-order valence-corrected chi connectivity index (χ3v) is 2.93. The Kier molecular flexibility index (Phi) is 3.27. The lowest BCUT2D eigenvalue weighted by Gasteiger charge is -1.98. The Morgan fingerprint density at radius 2 is 2.00 bits per heavy atom. The Morgan fingerprint density at radius 3 is 2.62 bits per heavy atom. The molecule has 1 heterocycles. The van der Waals surface area contributed by atoms with Crippen LogP contribution in [0.2, 0.25) is 5.15 Å². The molecular weight excluding hydrogens is 224 g/mol. The van der Waals surface area contributed by atoms with E-state index in [0.717, 1.165) is 17.1 Å². The predicted octanol–water partition coefficient (Wildman–Crippen LogP) is 2.28. The van der Waals surface area contributed by atoms with Crippen molar-refractivity contribution in [1.82, 2.24) is 9.55 Å². The molecule has 0 spiro atoms. The number of halogens is 1. The summed E-state index contributed by atoms with van der Waals surface area (Å²) in [5, 5.41) is 9.52. The molecular formula is C12H13ClN2O. The number of hydrogen-bond donors (Lipinski definition) is 1. The van der Waals surface area contributed by atoms with Crippen molar-refractivity contribution >= 4 is 11.6 Å². The van der Waals surface area contributed by atoms with Crippen molar-refractivity contribution < 1.29 is 5.11 Å². The molecule has 4 heteroatoms. The van der Waals surface area contributed by atoms with Gasteiger partial charge in [-0.1, -0.05) is 41.9 Å². The summed E-state index contributed by atoms with van der Waals surface area (Å²) < 4.78 is 1.81. The van der Waals surface area contributed by atoms with Gasteiger partial charge in [-0.3, -0.25) is 0 Å². The van der Waals surface area contributed by atoms with Crippen molar-refractivity contribution in [3.8, 4) is 11.3 Å². The molecule has 1 aromatic carbocycles. The van der Waals surface area contributed by atoms with Gasteiger partial charge in [0.25, 0.3) is 0 Å². The van der Waals surface area contributed by atoms with Crippen LogP contribution in [0.3, 0.4) is 0 Å². The van der Waals surface area contributed by atoms with Crippen molar-refractivity contribution in [3.63, 3.8) is 0 Å². The predicted molar refractivity (Wildman–Crippen MR) is 64.4 cm³/mol. The van der Waals surface area contributed by atoms with E-state index in [2.05, 4.69) is 4.98 Å². The fraction of sp³-hybridized carbons (Fsp3) is 0.250. The molecule has 0 fully saturated rings. The summed E-state index contributed by atoms with van der Waals surface area (Å²) in [6.07, 6.45) is 0.517. The zero-order chi connectivity index (χ0) is 11.5. The lowest BCUT2D eigenvalue weighted by atomic mass is 10.2. The summed E-state index contributed by atoms with van der Waals surface area (Å²) in [6, 6.07) is 9.79. The van der Waals surface area contributed by atoms with Crippen LogP contribution in [0.4, 0.5) is 0 Å². The van der Waals surface area contributed by atoms with Crippen molar-refractivity contribution in [2.45, 2.75) is 6.42 Å². The molecule has 0 amide bonds. The van der Waals surface area contributed by atoms with Gasteiger partial charge in [-0.15, -0.1) is 0 Å². The van der Waals surface area contributed by atoms with E-state index in [-0.39, 0.29) is 6.61 Å². The monoisotopic (exact) mass is 236 g/mol. The van der Waals surface area contributed by atoms with Crippen molar-refractivity contribution in [2.24, 2.45) is 7.05 Å². The smallest absolute Gasteiger partial charge is 0.136 e. The molecule has 0 aliphatic heterocycles. The van der Waals surface area contributed by atoms with Crippen LogP contribution in [0, 0.1) is 0 Å². The van der Waals surface area contributed by atoms with Crippen molar-refractivity contribution in [2.75, 3.05) is 6.61 Å². The number of nitrogens with zero attached hydrogens (tertiary/aromatic N) is 2. The second-order valence-corrected chi connectivity index (χ2v) is 3.92. The van der Waals surface area contributed by atoms with Crippen LogP contribution in [-0.2, 0) is 13.5 Å². The Balaban J connectivity index is 2.46. The highest BCUT2D eigenvalue weighted by Crippen LogP contribution is 2.27. The minimum absolute atomic E-state index is 0.0788. The lowest BCUT2D eigenvalue weighted by molar-refractivity contribution is 0.295. The fourth-order valence-corrected chi connectivity index (χ4v) is 1.87. The molecule has 16 heavy (non-hydrogen) atoms. The maximum atomic E-state index is 8.92. The number of imidazole rings is 1. The van der Waals surface area contributed by atoms with Gasteiger partial charge in [0.15, 0.2) is 0 Å². The van der Waals surface area contributed by atoms with E-state index >= 15 is 0 Å². The topological polar surface area (TPSA) is 38.0 Å². The lowest BCUT2D eigenvalue weighted by Crippen LogP contribution is -2.00. The number of benzene rings is 1. The maximum Gasteiger partial charge on any atom is 0.136 e. The quantitative estimate of drug-likeness (QED) is 0.888. The number of rotatable bonds is 3. The first kappa shape index (κ1) is 11.2. The van der Waals surface area contributed by atoms with Gasteiger partial charge in [-0.2, -0.15) is 0 Å². The van der Waals surface area contributed by atoms with Gasteiger partial charge in [0.05, 0.1) is 6.61 Å². The number of hydrogen-bond acceptors (Lipinski definition) is 2. The van der Waals surface area contributed by atoms with E-state index in [1.165, 1.54) is 0 Å². The van der Waals surface area contributed by atoms with E-state index in [0.29, 0.717) is 11.6 Å². The molecule has 2 rings (SSSR count). The van der Waals surface area contributed by atoms with Crippen molar-refractivity contribution in [1.29, 1.82) is 0 Å². The molecule has 0 saturated carbocycles. The van der Waals surface area contributed by atoms with Gasteiger partial charge in [0.2, 0.25) is 0 Å². The molecule has 0 aliphatic carbocycles. The van der Waals surface area contributed by atoms with Gasteiger partial charge in [0, 0.05) is 19.0 Å². The molecule has 0 bridgehead atoms. The number of aliphatic hydroxyl groups excluding tert-OH is 1. The maximum absolute atomic E-state index is 8.92. The van der Waals surface area contributed by atoms with Gasteiger partial charge < -0.3 is 9.67 Å². The van der Waals surface area contributed by atoms with Crippen LogP contribution in [0.15, 0.2) is 30.3 Å². The molecule has 1 aromatic heterocycles. The standard InChI is InChI=1S/C12H13ClN2O/c1-15-10(7-8-16)14-11(12(15)13)9-5-3-2-4-6-9/h2-6,16H,7-8H2,1H3. The summed E-state index contributed by atoms with van der Waals surface area (Å²) in [6.45, 7) is 0.0788. The highest BCUT2D eigenvalue weighted by molar-refractivity contribution is 6.32. The van der Waals surface area contributed by atoms with Gasteiger partial charge in [0.1, 0.15) is 16.7 Å². The number of aliphatic hydroxyl groups is 1. The molecule has 3 nitrogen and oxygen atoms in total. The minimum atomic E-state index is 0.0788. The van der Waals surface area contributed by atoms with Crippen LogP contribution in [0.1, 0.15) is 5.82 Å². The summed E-state index contributed by atoms with van der Waals surface area (Å²) in [7, 11) is 1.85. The summed E-state index contributed by atoms with van der Waals surface area (Å²) in [4.78, 5) is 4.44. The summed E-state index contributed by atoms with van der Waals surface area (Å²) >= 11 is 6.20. The second kappa shape index (κ2) is 4.68. The Labute approximate surface area is 99.3 Å². The van der Waals surface area contributed by atoms with E-state index < -0.39 is 0 Å². The highest BCUT2D eigenvalue weighted by atomic mass is 35.5. The SMILES string of the molecule is Cn1c(CCO)nc(-c2ccccc2)c1Cl. The van der Waals surface area contributed by atoms with E-state index in [1.54, 1.807) is 4.57 Å². The first-order chi connectivity index (χ1) is 7.74. The molecule has 0 unspecified atom stereocenters. The third-order valence-electron chi connectivity index (χ3n) is 2.50. The largest absolute Gasteiger partial charge is 0.396 e. The summed E-state index contributed by atoms with van der Waals surface area (Å²) in [5.41, 5.74) is 1.76. The van der Waals surface area contributed by atoms with Crippen LogP contribution in [-0.4, -0.2) is 21.3 Å². The molecule has 0 aliphatic rings. The Hall–Kier alpha value is -1.32. The molecule has 0 saturated heterocycles. The average Bonchev–Trinajstić information content (AvgIpc) is 2.59. The fourth-order valence-electron chi connectivity index (χ4n) is 1.63. The molecule has 2 aromatic rings. The normalized spacial score (nSPS) is 10.7. The van der Waals surface area contributed by atoms with Crippen LogP contribution in [0.25, 0.3) is 11.3 Å². The van der Waals surface area contributed by atoms with E-state index in [9.17, 15) is 0 Å². The summed E-state index contributed by atoms with van der Waals surface area (Å²) in [5.74, 6) is 0.798. The van der Waals surface area contributed by atoms with Crippen LogP contribution >= 0.6 is 11.6 Å². The molecule has 84 valence electrons. The van der Waals surface area contributed by atoms with Crippen molar-refractivity contribution in [3.05, 3.63) is 41.3 Å². The van der Waals surface area contributed by atoms with Gasteiger partial charge in [-0.05, 0) is 0 Å². The average molecular weight is 237 g/mol. The first-order valence-electron chi connectivity index (χ1n) is 5.11. The third kappa shape index (κ3) is 1.96. The Morgan fingerprint density at radius 1 is 1.31 bits per heavy atom. The van der Waals surface area contributed by atoms with E-state index in [4.69, 9.17) is 16.7 Å². The minimum Gasteiger partial charge on any atom is -0.396 e. The first-order valence-corrected chi connectivity index (χ1v) is 5.49. The zero-order valence-electron chi connectivity index (χ0n) is 9.02. The van der Waals surface area contributed by atoms with E-state index in [1.807, 2.05) is 37.4 Å². The van der Waals surface area contributed by atoms with Crippen LogP contribution in [0.5, 0.6) is 0 Å². The zero-order valence-corrected chi connectivity index (χ0v) is 9.78. The Bertz CT molecular complexity index is 479. The van der Waals surface area contributed by atoms with Gasteiger partial charge in [-0.25, -0.2) is 4.98 Å². The molecule has 0 atom stereocenters.